The van der Waals surface area contributed by atoms with Crippen molar-refractivity contribution in [3.8, 4) is 0 Å². The zero-order valence-corrected chi connectivity index (χ0v) is 21.7. The van der Waals surface area contributed by atoms with Gasteiger partial charge in [0.25, 0.3) is 0 Å². The Labute approximate surface area is 192 Å². The Morgan fingerprint density at radius 2 is 1.58 bits per heavy atom. The summed E-state index contributed by atoms with van der Waals surface area (Å²) in [7, 11) is 0. The maximum absolute atomic E-state index is 12.4. The highest BCUT2D eigenvalue weighted by molar-refractivity contribution is 6.03. The minimum Gasteiger partial charge on any atom is -0.371 e. The lowest BCUT2D eigenvalue weighted by Gasteiger charge is -2.39. The number of rotatable bonds is 10. The van der Waals surface area contributed by atoms with Crippen molar-refractivity contribution in [3.05, 3.63) is 35.2 Å². The normalized spacial score (nSPS) is 19.2. The molecule has 4 nitrogen and oxygen atoms in total. The zero-order chi connectivity index (χ0) is 23.6. The predicted octanol–water partition coefficient (Wildman–Crippen LogP) is 6.46. The molecule has 31 heavy (non-hydrogen) atoms. The molecule has 1 fully saturated rings. The third-order valence-electron chi connectivity index (χ3n) is 6.58. The second-order valence-electron chi connectivity index (χ2n) is 9.23. The van der Waals surface area contributed by atoms with Gasteiger partial charge in [0.15, 0.2) is 0 Å². The average Bonchev–Trinajstić information content (AvgIpc) is 2.76. The Morgan fingerprint density at radius 1 is 1.00 bits per heavy atom. The van der Waals surface area contributed by atoms with Crippen LogP contribution >= 0.6 is 0 Å². The van der Waals surface area contributed by atoms with Crippen LogP contribution in [0.3, 0.4) is 0 Å². The number of carbonyl (C=O) groups is 1. The van der Waals surface area contributed by atoms with E-state index in [1.165, 1.54) is 29.7 Å². The Hall–Kier alpha value is -1.84. The Bertz CT molecular complexity index is 691. The van der Waals surface area contributed by atoms with Crippen LogP contribution in [0.1, 0.15) is 81.6 Å². The Morgan fingerprint density at radius 3 is 2.06 bits per heavy atom. The van der Waals surface area contributed by atoms with Crippen LogP contribution in [-0.4, -0.2) is 47.6 Å². The number of hydrogen-bond acceptors (Lipinski definition) is 3. The fraction of sp³-hybridized carbons (Fsp3) is 0.704. The number of hydrogen-bond donors (Lipinski definition) is 0. The lowest BCUT2D eigenvalue weighted by molar-refractivity contribution is -0.135. The molecule has 0 spiro atoms. The summed E-state index contributed by atoms with van der Waals surface area (Å²) in [6, 6.07) is 0. The van der Waals surface area contributed by atoms with Crippen molar-refractivity contribution in [2.24, 2.45) is 22.7 Å². The van der Waals surface area contributed by atoms with E-state index in [-0.39, 0.29) is 11.8 Å². The maximum Gasteiger partial charge on any atom is 0.225 e. The number of nitrogens with zero attached hydrogens (tertiary/aromatic N) is 3. The van der Waals surface area contributed by atoms with E-state index in [0.717, 1.165) is 38.3 Å². The minimum atomic E-state index is 0.0639. The van der Waals surface area contributed by atoms with Crippen molar-refractivity contribution >= 4 is 11.6 Å². The van der Waals surface area contributed by atoms with E-state index in [2.05, 4.69) is 65.5 Å². The standard InChI is InChI=1S/C27H47N3O/c1-10-13-15-28-23(8)26(25(12-3)22(7)21(6)14-11-2)24(9)29-16-18-30(19-17-29)27(31)20(4)5/h12-13,15,20-22H,10-11,14,16-19H2,1-9H3/b15-13+,25-12-,26-24-,28-23+. The molecule has 0 aromatic rings. The van der Waals surface area contributed by atoms with Gasteiger partial charge in [0, 0.05) is 55.3 Å². The summed E-state index contributed by atoms with van der Waals surface area (Å²) in [4.78, 5) is 21.7. The van der Waals surface area contributed by atoms with E-state index in [4.69, 9.17) is 4.99 Å². The second kappa shape index (κ2) is 13.5. The number of carbonyl (C=O) groups excluding carboxylic acids is 1. The summed E-state index contributed by atoms with van der Waals surface area (Å²) in [5, 5.41) is 0. The molecule has 1 heterocycles. The van der Waals surface area contributed by atoms with Gasteiger partial charge in [-0.2, -0.15) is 0 Å². The molecule has 0 aromatic carbocycles. The number of allylic oxidation sites excluding steroid dienone is 5. The number of piperazine rings is 1. The maximum atomic E-state index is 12.4. The third kappa shape index (κ3) is 7.66. The molecule has 2 atom stereocenters. The molecule has 176 valence electrons. The van der Waals surface area contributed by atoms with Gasteiger partial charge in [-0.05, 0) is 44.6 Å². The van der Waals surface area contributed by atoms with Gasteiger partial charge in [0.1, 0.15) is 0 Å². The monoisotopic (exact) mass is 429 g/mol. The van der Waals surface area contributed by atoms with Gasteiger partial charge in [-0.25, -0.2) is 0 Å². The third-order valence-corrected chi connectivity index (χ3v) is 6.58. The zero-order valence-electron chi connectivity index (χ0n) is 21.7. The van der Waals surface area contributed by atoms with Gasteiger partial charge < -0.3 is 9.80 Å². The lowest BCUT2D eigenvalue weighted by atomic mass is 9.80. The van der Waals surface area contributed by atoms with Crippen molar-refractivity contribution in [1.82, 2.24) is 9.80 Å². The molecule has 0 radical (unpaired) electrons. The number of aliphatic imine (C=N–C) groups is 1. The molecule has 1 aliphatic heterocycles. The van der Waals surface area contributed by atoms with Crippen LogP contribution < -0.4 is 0 Å². The predicted molar refractivity (Wildman–Crippen MR) is 135 cm³/mol. The molecule has 1 rings (SSSR count). The summed E-state index contributed by atoms with van der Waals surface area (Å²) in [6.07, 6.45) is 9.75. The molecule has 4 heteroatoms. The highest BCUT2D eigenvalue weighted by Crippen LogP contribution is 2.32. The smallest absolute Gasteiger partial charge is 0.225 e. The first-order chi connectivity index (χ1) is 14.7. The van der Waals surface area contributed by atoms with E-state index >= 15 is 0 Å². The topological polar surface area (TPSA) is 35.9 Å². The SMILES string of the molecule is C\C=C(C(/C(C)=N/C=C/CC)=C(/C)N1CCN(C(=O)C(C)C)CC1)\C(C)C(C)CCC. The molecule has 1 aliphatic rings. The van der Waals surface area contributed by atoms with Crippen LogP contribution in [0.5, 0.6) is 0 Å². The number of amides is 1. The first-order valence-corrected chi connectivity index (χ1v) is 12.3. The molecule has 1 amide bonds. The molecular formula is C27H47N3O. The Kier molecular flexibility index (Phi) is 11.9. The largest absolute Gasteiger partial charge is 0.371 e. The summed E-state index contributed by atoms with van der Waals surface area (Å²) in [6.45, 7) is 23.0. The lowest BCUT2D eigenvalue weighted by Crippen LogP contribution is -2.49. The van der Waals surface area contributed by atoms with Gasteiger partial charge in [-0.1, -0.05) is 66.5 Å². The molecule has 0 aromatic heterocycles. The van der Waals surface area contributed by atoms with Crippen LogP contribution in [0.4, 0.5) is 0 Å². The molecule has 0 aliphatic carbocycles. The Balaban J connectivity index is 3.29. The summed E-state index contributed by atoms with van der Waals surface area (Å²) >= 11 is 0. The summed E-state index contributed by atoms with van der Waals surface area (Å²) in [5.41, 5.74) is 5.03. The fourth-order valence-electron chi connectivity index (χ4n) is 4.45. The van der Waals surface area contributed by atoms with Crippen molar-refractivity contribution in [2.45, 2.75) is 81.6 Å². The van der Waals surface area contributed by atoms with Crippen LogP contribution in [0.25, 0.3) is 0 Å². The van der Waals surface area contributed by atoms with Crippen LogP contribution in [0.15, 0.2) is 40.2 Å². The minimum absolute atomic E-state index is 0.0639. The quantitative estimate of drug-likeness (QED) is 0.295. The van der Waals surface area contributed by atoms with Crippen LogP contribution in [0.2, 0.25) is 0 Å². The van der Waals surface area contributed by atoms with Crippen LogP contribution in [0, 0.1) is 17.8 Å². The van der Waals surface area contributed by atoms with Gasteiger partial charge in [-0.15, -0.1) is 0 Å². The van der Waals surface area contributed by atoms with E-state index in [0.29, 0.717) is 11.8 Å². The van der Waals surface area contributed by atoms with E-state index in [1.54, 1.807) is 0 Å². The average molecular weight is 430 g/mol. The molecule has 0 bridgehead atoms. The van der Waals surface area contributed by atoms with Crippen molar-refractivity contribution in [1.29, 1.82) is 0 Å². The summed E-state index contributed by atoms with van der Waals surface area (Å²) in [5.74, 6) is 1.42. The second-order valence-corrected chi connectivity index (χ2v) is 9.23. The molecule has 1 saturated heterocycles. The van der Waals surface area contributed by atoms with E-state index in [1.807, 2.05) is 24.9 Å². The molecule has 2 unspecified atom stereocenters. The first-order valence-electron chi connectivity index (χ1n) is 12.3. The van der Waals surface area contributed by atoms with Crippen molar-refractivity contribution in [2.75, 3.05) is 26.2 Å². The molecular weight excluding hydrogens is 382 g/mol. The first kappa shape index (κ1) is 27.2. The summed E-state index contributed by atoms with van der Waals surface area (Å²) < 4.78 is 0. The fourth-order valence-corrected chi connectivity index (χ4v) is 4.45. The van der Waals surface area contributed by atoms with Crippen molar-refractivity contribution < 1.29 is 4.79 Å². The van der Waals surface area contributed by atoms with Crippen molar-refractivity contribution in [3.63, 3.8) is 0 Å². The molecule has 0 N–H and O–H groups in total. The van der Waals surface area contributed by atoms with Crippen LogP contribution in [-0.2, 0) is 4.79 Å². The van der Waals surface area contributed by atoms with E-state index in [9.17, 15) is 4.79 Å². The van der Waals surface area contributed by atoms with E-state index < -0.39 is 0 Å². The van der Waals surface area contributed by atoms with Gasteiger partial charge in [0.2, 0.25) is 5.91 Å². The highest BCUT2D eigenvalue weighted by Gasteiger charge is 2.27. The van der Waals surface area contributed by atoms with Gasteiger partial charge in [0.05, 0.1) is 0 Å². The molecule has 0 saturated carbocycles. The van der Waals surface area contributed by atoms with Gasteiger partial charge in [-0.3, -0.25) is 9.79 Å². The highest BCUT2D eigenvalue weighted by atomic mass is 16.2. The van der Waals surface area contributed by atoms with Gasteiger partial charge >= 0.3 is 0 Å².